The summed E-state index contributed by atoms with van der Waals surface area (Å²) >= 11 is 0. The van der Waals surface area contributed by atoms with Gasteiger partial charge in [-0.3, -0.25) is 0 Å². The SMILES string of the molecule is Oc1ccccc1/C=C\c1oc(-c2ccccc2)nc1-c1ccccc1. The van der Waals surface area contributed by atoms with Crippen LogP contribution in [0.1, 0.15) is 11.3 Å². The van der Waals surface area contributed by atoms with Gasteiger partial charge in [0.1, 0.15) is 11.4 Å². The summed E-state index contributed by atoms with van der Waals surface area (Å²) in [4.78, 5) is 4.70. The number of phenols is 1. The summed E-state index contributed by atoms with van der Waals surface area (Å²) in [6.45, 7) is 0. The fourth-order valence-electron chi connectivity index (χ4n) is 2.75. The third-order valence-electron chi connectivity index (χ3n) is 4.07. The quantitative estimate of drug-likeness (QED) is 0.504. The molecule has 0 aliphatic carbocycles. The van der Waals surface area contributed by atoms with Crippen LogP contribution in [0.15, 0.2) is 89.3 Å². The summed E-state index contributed by atoms with van der Waals surface area (Å²) in [5.41, 5.74) is 3.41. The van der Waals surface area contributed by atoms with Crippen LogP contribution in [0.5, 0.6) is 5.75 Å². The van der Waals surface area contributed by atoms with Gasteiger partial charge in [0.2, 0.25) is 5.89 Å². The molecule has 3 aromatic carbocycles. The number of aromatic nitrogens is 1. The monoisotopic (exact) mass is 339 g/mol. The van der Waals surface area contributed by atoms with Crippen molar-refractivity contribution < 1.29 is 9.52 Å². The predicted octanol–water partition coefficient (Wildman–Crippen LogP) is 5.88. The number of nitrogens with zero attached hydrogens (tertiary/aromatic N) is 1. The summed E-state index contributed by atoms with van der Waals surface area (Å²) < 4.78 is 6.04. The largest absolute Gasteiger partial charge is 0.507 e. The average molecular weight is 339 g/mol. The highest BCUT2D eigenvalue weighted by Gasteiger charge is 2.14. The Hall–Kier alpha value is -3.59. The molecule has 0 unspecified atom stereocenters. The molecule has 1 heterocycles. The number of benzene rings is 3. The Bertz CT molecular complexity index is 1030. The molecule has 0 aliphatic rings. The van der Waals surface area contributed by atoms with Crippen molar-refractivity contribution in [1.29, 1.82) is 0 Å². The molecule has 1 N–H and O–H groups in total. The first-order chi connectivity index (χ1) is 12.8. The van der Waals surface area contributed by atoms with E-state index in [4.69, 9.17) is 9.40 Å². The van der Waals surface area contributed by atoms with Crippen molar-refractivity contribution in [2.75, 3.05) is 0 Å². The van der Waals surface area contributed by atoms with Gasteiger partial charge in [0.15, 0.2) is 5.76 Å². The highest BCUT2D eigenvalue weighted by atomic mass is 16.4. The van der Waals surface area contributed by atoms with E-state index in [1.165, 1.54) is 0 Å². The van der Waals surface area contributed by atoms with Gasteiger partial charge in [-0.25, -0.2) is 4.98 Å². The smallest absolute Gasteiger partial charge is 0.227 e. The Morgan fingerprint density at radius 3 is 2.00 bits per heavy atom. The lowest BCUT2D eigenvalue weighted by molar-refractivity contribution is 0.474. The van der Waals surface area contributed by atoms with Crippen LogP contribution < -0.4 is 0 Å². The van der Waals surface area contributed by atoms with Crippen LogP contribution in [0.3, 0.4) is 0 Å². The summed E-state index contributed by atoms with van der Waals surface area (Å²) in [5, 5.41) is 9.96. The minimum Gasteiger partial charge on any atom is -0.507 e. The standard InChI is InChI=1S/C23H17NO2/c25-20-14-8-7-9-17(20)15-16-21-22(18-10-3-1-4-11-18)24-23(26-21)19-12-5-2-6-13-19/h1-16,25H/b16-15-. The van der Waals surface area contributed by atoms with Crippen molar-refractivity contribution in [3.8, 4) is 28.5 Å². The van der Waals surface area contributed by atoms with E-state index in [2.05, 4.69) is 0 Å². The molecule has 0 bridgehead atoms. The van der Waals surface area contributed by atoms with Crippen LogP contribution in [-0.4, -0.2) is 10.1 Å². The van der Waals surface area contributed by atoms with Crippen molar-refractivity contribution in [2.24, 2.45) is 0 Å². The first kappa shape index (κ1) is 15.9. The molecule has 0 amide bonds. The molecule has 0 spiro atoms. The highest BCUT2D eigenvalue weighted by molar-refractivity contribution is 5.79. The van der Waals surface area contributed by atoms with E-state index < -0.39 is 0 Å². The van der Waals surface area contributed by atoms with E-state index in [0.29, 0.717) is 11.7 Å². The molecule has 0 atom stereocenters. The molecule has 4 aromatic rings. The minimum atomic E-state index is 0.229. The molecular weight excluding hydrogens is 322 g/mol. The fourth-order valence-corrected chi connectivity index (χ4v) is 2.75. The number of aromatic hydroxyl groups is 1. The maximum Gasteiger partial charge on any atom is 0.227 e. The zero-order valence-corrected chi connectivity index (χ0v) is 14.0. The second kappa shape index (κ2) is 7.11. The number of phenolic OH excluding ortho intramolecular Hbond substituents is 1. The van der Waals surface area contributed by atoms with Gasteiger partial charge in [-0.05, 0) is 30.4 Å². The van der Waals surface area contributed by atoms with E-state index >= 15 is 0 Å². The average Bonchev–Trinajstić information content (AvgIpc) is 3.13. The number of rotatable bonds is 4. The van der Waals surface area contributed by atoms with Crippen LogP contribution >= 0.6 is 0 Å². The maximum absolute atomic E-state index is 9.96. The topological polar surface area (TPSA) is 46.3 Å². The maximum atomic E-state index is 9.96. The number of hydrogen-bond donors (Lipinski definition) is 1. The minimum absolute atomic E-state index is 0.229. The van der Waals surface area contributed by atoms with Crippen molar-refractivity contribution in [3.63, 3.8) is 0 Å². The molecular formula is C23H17NO2. The second-order valence-electron chi connectivity index (χ2n) is 5.86. The summed E-state index contributed by atoms with van der Waals surface area (Å²) in [6.07, 6.45) is 3.67. The normalized spacial score (nSPS) is 11.1. The lowest BCUT2D eigenvalue weighted by Gasteiger charge is -1.98. The van der Waals surface area contributed by atoms with Gasteiger partial charge in [0.05, 0.1) is 0 Å². The Balaban J connectivity index is 1.80. The van der Waals surface area contributed by atoms with Gasteiger partial charge in [0.25, 0.3) is 0 Å². The third kappa shape index (κ3) is 3.28. The molecule has 0 aliphatic heterocycles. The molecule has 3 heteroatoms. The Morgan fingerprint density at radius 1 is 0.692 bits per heavy atom. The van der Waals surface area contributed by atoms with Gasteiger partial charge in [-0.15, -0.1) is 0 Å². The van der Waals surface area contributed by atoms with Crippen LogP contribution in [-0.2, 0) is 0 Å². The van der Waals surface area contributed by atoms with Crippen LogP contribution in [0, 0.1) is 0 Å². The second-order valence-corrected chi connectivity index (χ2v) is 5.86. The van der Waals surface area contributed by atoms with Gasteiger partial charge in [0, 0.05) is 16.7 Å². The molecule has 4 rings (SSSR count). The lowest BCUT2D eigenvalue weighted by Crippen LogP contribution is -1.81. The summed E-state index contributed by atoms with van der Waals surface area (Å²) in [5.74, 6) is 1.45. The number of para-hydroxylation sites is 1. The fraction of sp³-hybridized carbons (Fsp3) is 0. The van der Waals surface area contributed by atoms with E-state index in [0.717, 1.165) is 22.4 Å². The van der Waals surface area contributed by atoms with Crippen molar-refractivity contribution >= 4 is 12.2 Å². The van der Waals surface area contributed by atoms with Crippen molar-refractivity contribution in [1.82, 2.24) is 4.98 Å². The van der Waals surface area contributed by atoms with Crippen molar-refractivity contribution in [2.45, 2.75) is 0 Å². The van der Waals surface area contributed by atoms with Gasteiger partial charge >= 0.3 is 0 Å². The van der Waals surface area contributed by atoms with E-state index in [9.17, 15) is 5.11 Å². The van der Waals surface area contributed by atoms with Gasteiger partial charge < -0.3 is 9.52 Å². The van der Waals surface area contributed by atoms with Crippen LogP contribution in [0.25, 0.3) is 34.9 Å². The Kier molecular flexibility index (Phi) is 4.35. The molecule has 0 fully saturated rings. The van der Waals surface area contributed by atoms with Gasteiger partial charge in [-0.2, -0.15) is 0 Å². The zero-order chi connectivity index (χ0) is 17.8. The number of oxazole rings is 1. The summed E-state index contributed by atoms with van der Waals surface area (Å²) in [6, 6.07) is 26.9. The Morgan fingerprint density at radius 2 is 1.31 bits per heavy atom. The lowest BCUT2D eigenvalue weighted by atomic mass is 10.1. The molecule has 126 valence electrons. The predicted molar refractivity (Wildman–Crippen MR) is 104 cm³/mol. The highest BCUT2D eigenvalue weighted by Crippen LogP contribution is 2.30. The molecule has 0 saturated carbocycles. The Labute approximate surface area is 151 Å². The molecule has 0 saturated heterocycles. The molecule has 1 aromatic heterocycles. The molecule has 0 radical (unpaired) electrons. The first-order valence-corrected chi connectivity index (χ1v) is 8.39. The van der Waals surface area contributed by atoms with Crippen LogP contribution in [0.4, 0.5) is 0 Å². The molecule has 26 heavy (non-hydrogen) atoms. The van der Waals surface area contributed by atoms with Gasteiger partial charge in [-0.1, -0.05) is 66.7 Å². The number of hydrogen-bond acceptors (Lipinski definition) is 3. The van der Waals surface area contributed by atoms with Crippen molar-refractivity contribution in [3.05, 3.63) is 96.3 Å². The van der Waals surface area contributed by atoms with E-state index in [1.807, 2.05) is 84.9 Å². The van der Waals surface area contributed by atoms with E-state index in [1.54, 1.807) is 12.1 Å². The first-order valence-electron chi connectivity index (χ1n) is 8.39. The van der Waals surface area contributed by atoms with E-state index in [-0.39, 0.29) is 5.75 Å². The zero-order valence-electron chi connectivity index (χ0n) is 14.0. The molecule has 3 nitrogen and oxygen atoms in total. The third-order valence-corrected chi connectivity index (χ3v) is 4.07. The summed E-state index contributed by atoms with van der Waals surface area (Å²) in [7, 11) is 0. The van der Waals surface area contributed by atoms with Crippen LogP contribution in [0.2, 0.25) is 0 Å².